The van der Waals surface area contributed by atoms with Crippen LogP contribution in [0.3, 0.4) is 0 Å². The van der Waals surface area contributed by atoms with Gasteiger partial charge in [-0.15, -0.1) is 0 Å². The highest BCUT2D eigenvalue weighted by Crippen LogP contribution is 2.26. The van der Waals surface area contributed by atoms with E-state index in [-0.39, 0.29) is 12.0 Å². The molecule has 0 radical (unpaired) electrons. The van der Waals surface area contributed by atoms with Gasteiger partial charge in [-0.2, -0.15) is 4.98 Å². The standard InChI is InChI=1S/C15H20N4O2/c1-15(2,3)14-17-12(19-16)8-13(18-14)21-11-6-4-10(9-20)5-7-11/h4-8,20H,9,16H2,1-3H3,(H,17,18,19). The number of anilines is 1. The van der Waals surface area contributed by atoms with Crippen LogP contribution >= 0.6 is 0 Å². The summed E-state index contributed by atoms with van der Waals surface area (Å²) < 4.78 is 5.73. The smallest absolute Gasteiger partial charge is 0.224 e. The van der Waals surface area contributed by atoms with E-state index in [9.17, 15) is 0 Å². The first-order valence-electron chi connectivity index (χ1n) is 6.66. The maximum absolute atomic E-state index is 9.03. The number of hydrogen-bond acceptors (Lipinski definition) is 6. The predicted molar refractivity (Wildman–Crippen MR) is 81.0 cm³/mol. The number of aliphatic hydroxyl groups excluding tert-OH is 1. The molecule has 0 aliphatic rings. The zero-order chi connectivity index (χ0) is 15.5. The molecule has 0 bridgehead atoms. The molecule has 2 rings (SSSR count). The summed E-state index contributed by atoms with van der Waals surface area (Å²) in [5.41, 5.74) is 3.13. The normalized spacial score (nSPS) is 11.3. The second kappa shape index (κ2) is 6.07. The molecule has 6 nitrogen and oxygen atoms in total. The monoisotopic (exact) mass is 288 g/mol. The number of aromatic nitrogens is 2. The Labute approximate surface area is 124 Å². The fourth-order valence-electron chi connectivity index (χ4n) is 1.67. The quantitative estimate of drug-likeness (QED) is 0.590. The van der Waals surface area contributed by atoms with E-state index < -0.39 is 0 Å². The SMILES string of the molecule is CC(C)(C)c1nc(NN)cc(Oc2ccc(CO)cc2)n1. The molecule has 6 heteroatoms. The topological polar surface area (TPSA) is 93.3 Å². The van der Waals surface area contributed by atoms with Crippen LogP contribution in [0.2, 0.25) is 0 Å². The number of hydrazine groups is 1. The van der Waals surface area contributed by atoms with Crippen molar-refractivity contribution in [3.8, 4) is 11.6 Å². The molecule has 0 saturated carbocycles. The Bertz CT molecular complexity index is 606. The van der Waals surface area contributed by atoms with Crippen molar-refractivity contribution in [3.05, 3.63) is 41.7 Å². The zero-order valence-corrected chi connectivity index (χ0v) is 12.4. The van der Waals surface area contributed by atoms with Crippen molar-refractivity contribution in [2.24, 2.45) is 5.84 Å². The number of ether oxygens (including phenoxy) is 1. The molecular formula is C15H20N4O2. The van der Waals surface area contributed by atoms with E-state index in [0.717, 1.165) is 5.56 Å². The number of nitrogen functional groups attached to an aromatic ring is 1. The molecule has 0 saturated heterocycles. The molecule has 0 atom stereocenters. The highest BCUT2D eigenvalue weighted by atomic mass is 16.5. The van der Waals surface area contributed by atoms with E-state index >= 15 is 0 Å². The Balaban J connectivity index is 2.29. The number of nitrogens with two attached hydrogens (primary N) is 1. The second-order valence-electron chi connectivity index (χ2n) is 5.71. The van der Waals surface area contributed by atoms with Crippen molar-refractivity contribution in [1.29, 1.82) is 0 Å². The summed E-state index contributed by atoms with van der Waals surface area (Å²) in [5, 5.41) is 9.03. The summed E-state index contributed by atoms with van der Waals surface area (Å²) in [6.07, 6.45) is 0. The van der Waals surface area contributed by atoms with Gasteiger partial charge < -0.3 is 15.3 Å². The number of nitrogens with zero attached hydrogens (tertiary/aromatic N) is 2. The van der Waals surface area contributed by atoms with E-state index in [2.05, 4.69) is 15.4 Å². The number of nitrogens with one attached hydrogen (secondary N) is 1. The number of hydrogen-bond donors (Lipinski definition) is 3. The van der Waals surface area contributed by atoms with Gasteiger partial charge in [0.25, 0.3) is 0 Å². The van der Waals surface area contributed by atoms with Crippen molar-refractivity contribution in [3.63, 3.8) is 0 Å². The molecule has 0 fully saturated rings. The van der Waals surface area contributed by atoms with Gasteiger partial charge in [0.05, 0.1) is 6.61 Å². The van der Waals surface area contributed by atoms with Gasteiger partial charge >= 0.3 is 0 Å². The third-order valence-electron chi connectivity index (χ3n) is 2.85. The molecule has 1 aromatic carbocycles. The average molecular weight is 288 g/mol. The number of rotatable bonds is 4. The predicted octanol–water partition coefficient (Wildman–Crippen LogP) is 2.34. The van der Waals surface area contributed by atoms with Crippen molar-refractivity contribution >= 4 is 5.82 Å². The molecule has 0 unspecified atom stereocenters. The Kier molecular flexibility index (Phi) is 4.40. The lowest BCUT2D eigenvalue weighted by atomic mass is 9.96. The molecule has 0 aliphatic heterocycles. The van der Waals surface area contributed by atoms with Gasteiger partial charge in [-0.25, -0.2) is 10.8 Å². The Morgan fingerprint density at radius 1 is 1.19 bits per heavy atom. The van der Waals surface area contributed by atoms with Crippen LogP contribution in [0.5, 0.6) is 11.6 Å². The third kappa shape index (κ3) is 3.90. The second-order valence-corrected chi connectivity index (χ2v) is 5.71. The van der Waals surface area contributed by atoms with Gasteiger partial charge in [-0.3, -0.25) is 0 Å². The van der Waals surface area contributed by atoms with E-state index in [1.165, 1.54) is 0 Å². The van der Waals surface area contributed by atoms with Crippen LogP contribution in [0.4, 0.5) is 5.82 Å². The molecule has 0 aliphatic carbocycles. The molecule has 21 heavy (non-hydrogen) atoms. The molecule has 0 spiro atoms. The van der Waals surface area contributed by atoms with Crippen LogP contribution in [-0.2, 0) is 12.0 Å². The van der Waals surface area contributed by atoms with Gasteiger partial charge in [-0.1, -0.05) is 32.9 Å². The fourth-order valence-corrected chi connectivity index (χ4v) is 1.67. The van der Waals surface area contributed by atoms with Gasteiger partial charge in [0.2, 0.25) is 5.88 Å². The molecule has 1 aromatic heterocycles. The summed E-state index contributed by atoms with van der Waals surface area (Å²) in [4.78, 5) is 8.74. The van der Waals surface area contributed by atoms with E-state index in [1.807, 2.05) is 20.8 Å². The van der Waals surface area contributed by atoms with Crippen molar-refractivity contribution in [2.45, 2.75) is 32.8 Å². The van der Waals surface area contributed by atoms with Gasteiger partial charge in [0.15, 0.2) is 0 Å². The summed E-state index contributed by atoms with van der Waals surface area (Å²) in [6.45, 7) is 6.05. The van der Waals surface area contributed by atoms with Gasteiger partial charge in [0.1, 0.15) is 17.4 Å². The highest BCUT2D eigenvalue weighted by Gasteiger charge is 2.19. The highest BCUT2D eigenvalue weighted by molar-refractivity contribution is 5.40. The van der Waals surface area contributed by atoms with Crippen molar-refractivity contribution < 1.29 is 9.84 Å². The lowest BCUT2D eigenvalue weighted by Crippen LogP contribution is -2.19. The first kappa shape index (κ1) is 15.2. The maximum atomic E-state index is 9.03. The van der Waals surface area contributed by atoms with Crippen LogP contribution < -0.4 is 16.0 Å². The van der Waals surface area contributed by atoms with Crippen LogP contribution in [0, 0.1) is 0 Å². The number of benzene rings is 1. The molecule has 2 aromatic rings. The maximum Gasteiger partial charge on any atom is 0.224 e. The minimum absolute atomic E-state index is 0.00318. The van der Waals surface area contributed by atoms with E-state index in [4.69, 9.17) is 15.7 Å². The summed E-state index contributed by atoms with van der Waals surface area (Å²) in [7, 11) is 0. The van der Waals surface area contributed by atoms with Crippen LogP contribution in [0.25, 0.3) is 0 Å². The van der Waals surface area contributed by atoms with Crippen molar-refractivity contribution in [1.82, 2.24) is 9.97 Å². The largest absolute Gasteiger partial charge is 0.439 e. The Morgan fingerprint density at radius 2 is 1.86 bits per heavy atom. The lowest BCUT2D eigenvalue weighted by Gasteiger charge is -2.18. The Hall–Kier alpha value is -2.18. The fraction of sp³-hybridized carbons (Fsp3) is 0.333. The van der Waals surface area contributed by atoms with E-state index in [0.29, 0.717) is 23.3 Å². The summed E-state index contributed by atoms with van der Waals surface area (Å²) >= 11 is 0. The summed E-state index contributed by atoms with van der Waals surface area (Å²) in [6, 6.07) is 8.78. The first-order chi connectivity index (χ1) is 9.92. The molecule has 1 heterocycles. The summed E-state index contributed by atoms with van der Waals surface area (Å²) in [5.74, 6) is 7.62. The molecule has 0 amide bonds. The van der Waals surface area contributed by atoms with Gasteiger partial charge in [-0.05, 0) is 17.7 Å². The third-order valence-corrected chi connectivity index (χ3v) is 2.85. The molecular weight excluding hydrogens is 268 g/mol. The lowest BCUT2D eigenvalue weighted by molar-refractivity contribution is 0.281. The Morgan fingerprint density at radius 3 is 2.38 bits per heavy atom. The average Bonchev–Trinajstić information content (AvgIpc) is 2.46. The zero-order valence-electron chi connectivity index (χ0n) is 12.4. The number of aliphatic hydroxyl groups is 1. The van der Waals surface area contributed by atoms with Crippen LogP contribution in [0.1, 0.15) is 32.2 Å². The van der Waals surface area contributed by atoms with Crippen LogP contribution in [-0.4, -0.2) is 15.1 Å². The molecule has 4 N–H and O–H groups in total. The van der Waals surface area contributed by atoms with Crippen molar-refractivity contribution in [2.75, 3.05) is 5.43 Å². The van der Waals surface area contributed by atoms with Gasteiger partial charge in [0, 0.05) is 11.5 Å². The minimum atomic E-state index is -0.217. The molecule has 112 valence electrons. The van der Waals surface area contributed by atoms with E-state index in [1.54, 1.807) is 30.3 Å². The minimum Gasteiger partial charge on any atom is -0.439 e. The first-order valence-corrected chi connectivity index (χ1v) is 6.66. The van der Waals surface area contributed by atoms with Crippen LogP contribution in [0.15, 0.2) is 30.3 Å².